The fourth-order valence-electron chi connectivity index (χ4n) is 2.04. The molecule has 0 aliphatic carbocycles. The Morgan fingerprint density at radius 1 is 1.39 bits per heavy atom. The molecule has 1 atom stereocenters. The summed E-state index contributed by atoms with van der Waals surface area (Å²) >= 11 is 0. The molecule has 0 unspecified atom stereocenters. The number of allylic oxidation sites excluding steroid dienone is 1. The maximum atomic E-state index is 6.26. The first-order valence-corrected chi connectivity index (χ1v) is 6.10. The van der Waals surface area contributed by atoms with Gasteiger partial charge < -0.3 is 10.3 Å². The predicted octanol–water partition coefficient (Wildman–Crippen LogP) is 2.70. The van der Waals surface area contributed by atoms with Crippen molar-refractivity contribution in [3.8, 4) is 0 Å². The maximum absolute atomic E-state index is 6.26. The largest absolute Gasteiger partial charge is 0.329 e. The first kappa shape index (κ1) is 12.6. The van der Waals surface area contributed by atoms with Crippen LogP contribution in [0.2, 0.25) is 0 Å². The highest BCUT2D eigenvalue weighted by molar-refractivity contribution is 5.19. The van der Waals surface area contributed by atoms with Crippen LogP contribution < -0.4 is 5.73 Å². The van der Waals surface area contributed by atoms with Crippen molar-refractivity contribution < 1.29 is 0 Å². The predicted molar refractivity (Wildman–Crippen MR) is 74.1 cm³/mol. The molecule has 2 aromatic rings. The summed E-state index contributed by atoms with van der Waals surface area (Å²) in [6.07, 6.45) is 4.48. The first-order valence-electron chi connectivity index (χ1n) is 6.10. The lowest BCUT2D eigenvalue weighted by atomic mass is 10.0. The molecule has 1 heterocycles. The van der Waals surface area contributed by atoms with Crippen molar-refractivity contribution in [2.75, 3.05) is 0 Å². The van der Waals surface area contributed by atoms with Gasteiger partial charge in [0.05, 0.1) is 18.1 Å². The second kappa shape index (κ2) is 5.65. The topological polar surface area (TPSA) is 43.8 Å². The molecule has 0 aliphatic rings. The van der Waals surface area contributed by atoms with Gasteiger partial charge in [-0.25, -0.2) is 4.98 Å². The fourth-order valence-corrected chi connectivity index (χ4v) is 2.04. The Hall–Kier alpha value is -1.87. The molecule has 18 heavy (non-hydrogen) atoms. The van der Waals surface area contributed by atoms with Crippen LogP contribution in [0.1, 0.15) is 24.2 Å². The van der Waals surface area contributed by atoms with Crippen LogP contribution in [0.3, 0.4) is 0 Å². The third-order valence-electron chi connectivity index (χ3n) is 2.86. The number of hydrogen-bond donors (Lipinski definition) is 1. The monoisotopic (exact) mass is 241 g/mol. The molecule has 0 saturated heterocycles. The van der Waals surface area contributed by atoms with E-state index in [0.29, 0.717) is 0 Å². The van der Waals surface area contributed by atoms with Crippen LogP contribution in [0.25, 0.3) is 0 Å². The number of rotatable bonds is 5. The van der Waals surface area contributed by atoms with Crippen LogP contribution in [-0.4, -0.2) is 9.55 Å². The summed E-state index contributed by atoms with van der Waals surface area (Å²) in [4.78, 5) is 4.18. The molecule has 2 N–H and O–H groups in total. The smallest absolute Gasteiger partial charge is 0.0951 e. The van der Waals surface area contributed by atoms with Crippen molar-refractivity contribution in [3.05, 3.63) is 66.3 Å². The third-order valence-corrected chi connectivity index (χ3v) is 2.86. The van der Waals surface area contributed by atoms with Crippen molar-refractivity contribution in [2.45, 2.75) is 25.9 Å². The SMILES string of the molecule is C=C(C)Cn1cncc1[C@H](N)Cc1ccccc1. The van der Waals surface area contributed by atoms with Crippen molar-refractivity contribution in [1.82, 2.24) is 9.55 Å². The second-order valence-corrected chi connectivity index (χ2v) is 4.70. The second-order valence-electron chi connectivity index (χ2n) is 4.70. The van der Waals surface area contributed by atoms with Gasteiger partial charge in [-0.15, -0.1) is 0 Å². The average Bonchev–Trinajstić information content (AvgIpc) is 2.77. The number of nitrogens with two attached hydrogens (primary N) is 1. The van der Waals surface area contributed by atoms with Crippen LogP contribution in [0.5, 0.6) is 0 Å². The van der Waals surface area contributed by atoms with E-state index in [4.69, 9.17) is 5.73 Å². The lowest BCUT2D eigenvalue weighted by Crippen LogP contribution is -2.18. The van der Waals surface area contributed by atoms with Gasteiger partial charge in [0, 0.05) is 12.7 Å². The summed E-state index contributed by atoms with van der Waals surface area (Å²) in [5, 5.41) is 0. The molecule has 0 spiro atoms. The van der Waals surface area contributed by atoms with E-state index in [0.717, 1.165) is 24.2 Å². The molecule has 0 fully saturated rings. The van der Waals surface area contributed by atoms with Crippen molar-refractivity contribution in [1.29, 1.82) is 0 Å². The number of aromatic nitrogens is 2. The summed E-state index contributed by atoms with van der Waals surface area (Å²) in [6.45, 7) is 6.71. The molecular weight excluding hydrogens is 222 g/mol. The summed E-state index contributed by atoms with van der Waals surface area (Å²) in [6, 6.07) is 10.2. The highest BCUT2D eigenvalue weighted by Crippen LogP contribution is 2.16. The molecule has 0 radical (unpaired) electrons. The van der Waals surface area contributed by atoms with Gasteiger partial charge in [0.1, 0.15) is 0 Å². The van der Waals surface area contributed by atoms with Gasteiger partial charge >= 0.3 is 0 Å². The van der Waals surface area contributed by atoms with Crippen LogP contribution in [0.4, 0.5) is 0 Å². The zero-order chi connectivity index (χ0) is 13.0. The number of hydrogen-bond acceptors (Lipinski definition) is 2. The highest BCUT2D eigenvalue weighted by Gasteiger charge is 2.12. The van der Waals surface area contributed by atoms with Crippen LogP contribution in [0.15, 0.2) is 55.0 Å². The summed E-state index contributed by atoms with van der Waals surface area (Å²) in [5.41, 5.74) is 9.66. The molecular formula is C15H19N3. The van der Waals surface area contributed by atoms with E-state index in [-0.39, 0.29) is 6.04 Å². The first-order chi connectivity index (χ1) is 8.66. The van der Waals surface area contributed by atoms with Gasteiger partial charge in [0.2, 0.25) is 0 Å². The van der Waals surface area contributed by atoms with Crippen molar-refractivity contribution >= 4 is 0 Å². The molecule has 3 heteroatoms. The van der Waals surface area contributed by atoms with E-state index < -0.39 is 0 Å². The van der Waals surface area contributed by atoms with Gasteiger partial charge in [0.15, 0.2) is 0 Å². The summed E-state index contributed by atoms with van der Waals surface area (Å²) in [5.74, 6) is 0. The lowest BCUT2D eigenvalue weighted by Gasteiger charge is -2.14. The molecule has 0 amide bonds. The van der Waals surface area contributed by atoms with E-state index in [1.165, 1.54) is 5.56 Å². The van der Waals surface area contributed by atoms with Crippen molar-refractivity contribution in [3.63, 3.8) is 0 Å². The zero-order valence-electron chi connectivity index (χ0n) is 10.7. The van der Waals surface area contributed by atoms with E-state index in [1.54, 1.807) is 0 Å². The van der Waals surface area contributed by atoms with Gasteiger partial charge in [-0.1, -0.05) is 42.5 Å². The van der Waals surface area contributed by atoms with Crippen LogP contribution in [0, 0.1) is 0 Å². The van der Waals surface area contributed by atoms with Gasteiger partial charge in [0.25, 0.3) is 0 Å². The molecule has 3 nitrogen and oxygen atoms in total. The third kappa shape index (κ3) is 3.08. The Labute approximate surface area is 108 Å². The zero-order valence-corrected chi connectivity index (χ0v) is 10.7. The Kier molecular flexibility index (Phi) is 3.95. The van der Waals surface area contributed by atoms with Gasteiger partial charge in [-0.3, -0.25) is 0 Å². The molecule has 1 aromatic carbocycles. The summed E-state index contributed by atoms with van der Waals surface area (Å²) < 4.78 is 2.07. The Morgan fingerprint density at radius 3 is 2.78 bits per heavy atom. The van der Waals surface area contributed by atoms with Crippen LogP contribution in [-0.2, 0) is 13.0 Å². The van der Waals surface area contributed by atoms with Crippen LogP contribution >= 0.6 is 0 Å². The minimum Gasteiger partial charge on any atom is -0.329 e. The summed E-state index contributed by atoms with van der Waals surface area (Å²) in [7, 11) is 0. The Bertz CT molecular complexity index is 514. The lowest BCUT2D eigenvalue weighted by molar-refractivity contribution is 0.628. The minimum atomic E-state index is -0.0331. The number of nitrogens with zero attached hydrogens (tertiary/aromatic N) is 2. The fraction of sp³-hybridized carbons (Fsp3) is 0.267. The maximum Gasteiger partial charge on any atom is 0.0951 e. The molecule has 0 aliphatic heterocycles. The molecule has 0 saturated carbocycles. The normalized spacial score (nSPS) is 12.3. The van der Waals surface area contributed by atoms with Crippen molar-refractivity contribution in [2.24, 2.45) is 5.73 Å². The van der Waals surface area contributed by atoms with Gasteiger partial charge in [-0.2, -0.15) is 0 Å². The standard InChI is InChI=1S/C15H19N3/c1-12(2)10-18-11-17-9-15(18)14(16)8-13-6-4-3-5-7-13/h3-7,9,11,14H,1,8,10,16H2,2H3/t14-/m1/s1. The molecule has 2 rings (SSSR count). The van der Waals surface area contributed by atoms with E-state index >= 15 is 0 Å². The quantitative estimate of drug-likeness (QED) is 0.818. The number of imidazole rings is 1. The molecule has 1 aromatic heterocycles. The Balaban J connectivity index is 2.11. The van der Waals surface area contributed by atoms with Gasteiger partial charge in [-0.05, 0) is 18.9 Å². The number of benzene rings is 1. The minimum absolute atomic E-state index is 0.0331. The van der Waals surface area contributed by atoms with E-state index in [2.05, 4.69) is 28.3 Å². The highest BCUT2D eigenvalue weighted by atomic mass is 15.1. The van der Waals surface area contributed by atoms with E-state index in [1.807, 2.05) is 37.6 Å². The molecule has 94 valence electrons. The average molecular weight is 241 g/mol. The molecule has 0 bridgehead atoms. The van der Waals surface area contributed by atoms with E-state index in [9.17, 15) is 0 Å². The Morgan fingerprint density at radius 2 is 2.11 bits per heavy atom.